The van der Waals surface area contributed by atoms with Crippen molar-refractivity contribution in [3.05, 3.63) is 184 Å². The summed E-state index contributed by atoms with van der Waals surface area (Å²) in [5, 5.41) is 11.2. The molecule has 0 amide bonds. The fraction of sp³-hybridized carbons (Fsp3) is 0.244. The molecule has 51 heavy (non-hydrogen) atoms. The van der Waals surface area contributed by atoms with Crippen LogP contribution in [0.3, 0.4) is 0 Å². The summed E-state index contributed by atoms with van der Waals surface area (Å²) < 4.78 is 38.6. The second-order valence-corrected chi connectivity index (χ2v) is 12.0. The number of carbonyl (C=O) groups excluding carboxylic acids is 1. The standard InChI is InChI=1S/C41H39NO9/c43-40(34-21-23-35(24-22-34)42(44)45)51-41-39(49-28-33-19-11-4-12-20-33)38(48-27-32-17-9-3-10-18-32)37(47-26-31-15-7-2-8-16-31)36(50-41)29-46-25-30-13-5-1-6-14-30/h1-24,36-39,41H,25-29H2/t36-,37-,38+,39+,41-/m1/s1. The van der Waals surface area contributed by atoms with Crippen molar-refractivity contribution >= 4 is 11.7 Å². The molecule has 0 saturated carbocycles. The highest BCUT2D eigenvalue weighted by molar-refractivity contribution is 5.89. The Morgan fingerprint density at radius 2 is 1.00 bits per heavy atom. The zero-order chi connectivity index (χ0) is 35.3. The van der Waals surface area contributed by atoms with Crippen LogP contribution in [0.1, 0.15) is 32.6 Å². The first-order valence-corrected chi connectivity index (χ1v) is 16.7. The molecule has 0 N–H and O–H groups in total. The number of ether oxygens (including phenoxy) is 6. The molecule has 10 heteroatoms. The minimum atomic E-state index is -1.25. The average Bonchev–Trinajstić information content (AvgIpc) is 3.18. The summed E-state index contributed by atoms with van der Waals surface area (Å²) in [6.07, 6.45) is -4.43. The number of rotatable bonds is 16. The molecule has 1 fully saturated rings. The van der Waals surface area contributed by atoms with Gasteiger partial charge in [-0.3, -0.25) is 10.1 Å². The summed E-state index contributed by atoms with van der Waals surface area (Å²) >= 11 is 0. The topological polar surface area (TPSA) is 116 Å². The van der Waals surface area contributed by atoms with Gasteiger partial charge in [-0.2, -0.15) is 0 Å². The van der Waals surface area contributed by atoms with Crippen molar-refractivity contribution in [1.29, 1.82) is 0 Å². The minimum Gasteiger partial charge on any atom is -0.429 e. The van der Waals surface area contributed by atoms with E-state index in [0.717, 1.165) is 22.3 Å². The first kappa shape index (κ1) is 35.6. The normalized spacial score (nSPS) is 20.0. The van der Waals surface area contributed by atoms with E-state index < -0.39 is 41.6 Å². The third kappa shape index (κ3) is 10.2. The summed E-state index contributed by atoms with van der Waals surface area (Å²) in [6.45, 7) is 1.07. The molecule has 262 valence electrons. The monoisotopic (exact) mass is 689 g/mol. The van der Waals surface area contributed by atoms with Crippen molar-refractivity contribution in [1.82, 2.24) is 0 Å². The van der Waals surface area contributed by atoms with Crippen molar-refractivity contribution in [2.75, 3.05) is 6.61 Å². The molecule has 1 aliphatic heterocycles. The largest absolute Gasteiger partial charge is 0.429 e. The quantitative estimate of drug-likeness (QED) is 0.0592. The number of hydrogen-bond donors (Lipinski definition) is 0. The van der Waals surface area contributed by atoms with Crippen LogP contribution in [0.15, 0.2) is 146 Å². The van der Waals surface area contributed by atoms with E-state index in [4.69, 9.17) is 28.4 Å². The number of nitro groups is 1. The Labute approximate surface area is 296 Å². The predicted octanol–water partition coefficient (Wildman–Crippen LogP) is 7.45. The summed E-state index contributed by atoms with van der Waals surface area (Å²) in [5.41, 5.74) is 3.74. The zero-order valence-electron chi connectivity index (χ0n) is 27.9. The predicted molar refractivity (Wildman–Crippen MR) is 188 cm³/mol. The van der Waals surface area contributed by atoms with E-state index in [1.165, 1.54) is 24.3 Å². The Balaban J connectivity index is 1.32. The lowest BCUT2D eigenvalue weighted by molar-refractivity contribution is -0.384. The number of esters is 1. The Hall–Kier alpha value is -5.23. The number of hydrogen-bond acceptors (Lipinski definition) is 9. The van der Waals surface area contributed by atoms with Gasteiger partial charge in [-0.1, -0.05) is 121 Å². The maximum atomic E-state index is 13.6. The number of carbonyl (C=O) groups is 1. The molecular formula is C41H39NO9. The molecule has 6 rings (SSSR count). The summed E-state index contributed by atoms with van der Waals surface area (Å²) in [5.74, 6) is -0.738. The molecule has 0 bridgehead atoms. The van der Waals surface area contributed by atoms with Gasteiger partial charge in [0.15, 0.2) is 0 Å². The Morgan fingerprint density at radius 3 is 1.47 bits per heavy atom. The van der Waals surface area contributed by atoms with Gasteiger partial charge >= 0.3 is 5.97 Å². The number of nitrogens with zero attached hydrogens (tertiary/aromatic N) is 1. The second kappa shape index (κ2) is 18.1. The van der Waals surface area contributed by atoms with Gasteiger partial charge in [0.2, 0.25) is 6.29 Å². The average molecular weight is 690 g/mol. The van der Waals surface area contributed by atoms with Gasteiger partial charge in [-0.05, 0) is 34.4 Å². The molecule has 1 heterocycles. The van der Waals surface area contributed by atoms with Crippen LogP contribution in [0, 0.1) is 10.1 Å². The van der Waals surface area contributed by atoms with Crippen LogP contribution in [0.2, 0.25) is 0 Å². The van der Waals surface area contributed by atoms with Crippen molar-refractivity contribution in [3.8, 4) is 0 Å². The third-order valence-corrected chi connectivity index (χ3v) is 8.38. The highest BCUT2D eigenvalue weighted by Crippen LogP contribution is 2.32. The molecule has 0 spiro atoms. The maximum absolute atomic E-state index is 13.6. The second-order valence-electron chi connectivity index (χ2n) is 12.0. The number of nitro benzene ring substituents is 1. The molecule has 0 aromatic heterocycles. The molecule has 10 nitrogen and oxygen atoms in total. The smallest absolute Gasteiger partial charge is 0.340 e. The highest BCUT2D eigenvalue weighted by atomic mass is 16.7. The first-order chi connectivity index (χ1) is 25.0. The van der Waals surface area contributed by atoms with Crippen LogP contribution in [0.5, 0.6) is 0 Å². The lowest BCUT2D eigenvalue weighted by Gasteiger charge is -2.45. The van der Waals surface area contributed by atoms with Gasteiger partial charge in [0, 0.05) is 12.1 Å². The fourth-order valence-corrected chi connectivity index (χ4v) is 5.73. The first-order valence-electron chi connectivity index (χ1n) is 16.7. The van der Waals surface area contributed by atoms with Gasteiger partial charge in [-0.25, -0.2) is 4.79 Å². The highest BCUT2D eigenvalue weighted by Gasteiger charge is 2.50. The maximum Gasteiger partial charge on any atom is 0.340 e. The van der Waals surface area contributed by atoms with Gasteiger partial charge in [0.1, 0.15) is 24.4 Å². The van der Waals surface area contributed by atoms with E-state index in [0.29, 0.717) is 6.61 Å². The molecule has 5 aromatic carbocycles. The Kier molecular flexibility index (Phi) is 12.7. The van der Waals surface area contributed by atoms with Crippen LogP contribution in [-0.4, -0.2) is 48.2 Å². The minimum absolute atomic E-state index is 0.0938. The molecule has 1 saturated heterocycles. The number of benzene rings is 5. The van der Waals surface area contributed by atoms with E-state index in [9.17, 15) is 14.9 Å². The van der Waals surface area contributed by atoms with Crippen molar-refractivity contribution in [3.63, 3.8) is 0 Å². The van der Waals surface area contributed by atoms with Crippen LogP contribution >= 0.6 is 0 Å². The van der Waals surface area contributed by atoms with Gasteiger partial charge in [0.25, 0.3) is 5.69 Å². The van der Waals surface area contributed by atoms with Crippen molar-refractivity contribution < 1.29 is 38.1 Å². The van der Waals surface area contributed by atoms with E-state index in [1.54, 1.807) is 0 Å². The Morgan fingerprint density at radius 1 is 0.569 bits per heavy atom. The molecular weight excluding hydrogens is 650 g/mol. The van der Waals surface area contributed by atoms with Gasteiger partial charge in [0.05, 0.1) is 43.5 Å². The fourth-order valence-electron chi connectivity index (χ4n) is 5.73. The summed E-state index contributed by atoms with van der Waals surface area (Å²) in [7, 11) is 0. The van der Waals surface area contributed by atoms with E-state index >= 15 is 0 Å². The van der Waals surface area contributed by atoms with Gasteiger partial charge < -0.3 is 28.4 Å². The lowest BCUT2D eigenvalue weighted by Crippen LogP contribution is -2.62. The van der Waals surface area contributed by atoms with E-state index in [1.807, 2.05) is 121 Å². The number of non-ortho nitro benzene ring substituents is 1. The SMILES string of the molecule is O=C(O[C@H]1O[C@H](COCc2ccccc2)[C@@H](OCc2ccccc2)[C@H](OCc2ccccc2)[C@@H]1OCc1ccccc1)c1ccc([N+](=O)[O-])cc1. The lowest BCUT2D eigenvalue weighted by atomic mass is 9.97. The van der Waals surface area contributed by atoms with Crippen LogP contribution in [-0.2, 0) is 54.8 Å². The van der Waals surface area contributed by atoms with Crippen LogP contribution in [0.4, 0.5) is 5.69 Å². The molecule has 0 aliphatic carbocycles. The Bertz CT molecular complexity index is 1790. The van der Waals surface area contributed by atoms with Crippen LogP contribution in [0.25, 0.3) is 0 Å². The summed E-state index contributed by atoms with van der Waals surface area (Å²) in [4.78, 5) is 24.3. The van der Waals surface area contributed by atoms with Crippen LogP contribution < -0.4 is 0 Å². The van der Waals surface area contributed by atoms with Crippen molar-refractivity contribution in [2.45, 2.75) is 57.1 Å². The van der Waals surface area contributed by atoms with E-state index in [-0.39, 0.29) is 37.7 Å². The zero-order valence-corrected chi connectivity index (χ0v) is 27.9. The van der Waals surface area contributed by atoms with E-state index in [2.05, 4.69) is 0 Å². The summed E-state index contributed by atoms with van der Waals surface area (Å²) in [6, 6.07) is 44.1. The third-order valence-electron chi connectivity index (χ3n) is 8.38. The van der Waals surface area contributed by atoms with Gasteiger partial charge in [-0.15, -0.1) is 0 Å². The molecule has 0 unspecified atom stereocenters. The van der Waals surface area contributed by atoms with Crippen molar-refractivity contribution in [2.24, 2.45) is 0 Å². The molecule has 1 aliphatic rings. The molecule has 5 aromatic rings. The molecule has 0 radical (unpaired) electrons. The molecule has 5 atom stereocenters.